The third kappa shape index (κ3) is 4.71. The maximum absolute atomic E-state index is 6.69. The molecule has 1 N–H and O–H groups in total. The van der Waals surface area contributed by atoms with E-state index in [0.29, 0.717) is 17.5 Å². The molecule has 3 heterocycles. The maximum atomic E-state index is 6.69. The van der Waals surface area contributed by atoms with E-state index in [4.69, 9.17) is 26.2 Å². The first-order valence-corrected chi connectivity index (χ1v) is 11.6. The van der Waals surface area contributed by atoms with Gasteiger partial charge in [-0.2, -0.15) is 10.2 Å². The van der Waals surface area contributed by atoms with E-state index in [2.05, 4.69) is 61.1 Å². The van der Waals surface area contributed by atoms with E-state index < -0.39 is 0 Å². The van der Waals surface area contributed by atoms with Gasteiger partial charge in [0.2, 0.25) is 5.88 Å². The van der Waals surface area contributed by atoms with Crippen LogP contribution in [0.5, 0.6) is 5.88 Å². The Hall–Kier alpha value is -2.61. The molecule has 0 fully saturated rings. The summed E-state index contributed by atoms with van der Waals surface area (Å²) in [6, 6.07) is 4.03. The molecular formula is C25H32ClN5O2. The van der Waals surface area contributed by atoms with Gasteiger partial charge in [0.05, 0.1) is 28.6 Å². The van der Waals surface area contributed by atoms with Crippen molar-refractivity contribution in [3.8, 4) is 17.0 Å². The number of ether oxygens (including phenoxy) is 2. The van der Waals surface area contributed by atoms with Crippen LogP contribution in [0.3, 0.4) is 0 Å². The lowest BCUT2D eigenvalue weighted by Crippen LogP contribution is -2.32. The second-order valence-electron chi connectivity index (χ2n) is 8.79. The number of fused-ring (bicyclic) bond motifs is 3. The lowest BCUT2D eigenvalue weighted by molar-refractivity contribution is 0.156. The molecule has 0 amide bonds. The monoisotopic (exact) mass is 469 g/mol. The summed E-state index contributed by atoms with van der Waals surface area (Å²) in [6.07, 6.45) is 5.19. The fraction of sp³-hybridized carbons (Fsp3) is 0.440. The highest BCUT2D eigenvalue weighted by atomic mass is 35.5. The van der Waals surface area contributed by atoms with Gasteiger partial charge in [0.1, 0.15) is 11.6 Å². The van der Waals surface area contributed by atoms with Gasteiger partial charge in [-0.25, -0.2) is 4.68 Å². The normalized spacial score (nSPS) is 21.0. The van der Waals surface area contributed by atoms with Crippen molar-refractivity contribution in [1.82, 2.24) is 24.9 Å². The summed E-state index contributed by atoms with van der Waals surface area (Å²) in [6.45, 7) is 8.49. The number of aryl methyl sites for hydroxylation is 1. The number of hydrogen-bond acceptors (Lipinski definition) is 5. The first-order chi connectivity index (χ1) is 15.8. The SMILES string of the molecule is CCC1=C(\C)CN(C)CC(C)Oc2c(c(COC)nn2C)-c2cc(Cl)c3n[nH]c(c3c2)\C=C\1. The highest BCUT2D eigenvalue weighted by molar-refractivity contribution is 6.35. The Labute approximate surface area is 200 Å². The van der Waals surface area contributed by atoms with Crippen LogP contribution in [0.1, 0.15) is 38.6 Å². The molecule has 1 aliphatic rings. The highest BCUT2D eigenvalue weighted by Gasteiger charge is 2.23. The van der Waals surface area contributed by atoms with Gasteiger partial charge in [0.15, 0.2) is 0 Å². The van der Waals surface area contributed by atoms with Crippen LogP contribution in [0.25, 0.3) is 28.1 Å². The standard InChI is InChI=1S/C25H32ClN5O2/c1-7-17-8-9-21-19-10-18(11-20(26)24(19)28-27-21)23-22(14-32-6)29-31(5)25(23)33-16(3)13-30(4)12-15(17)2/h8-11,16H,7,12-14H2,1-6H3,(H,27,28)/b9-8+,17-15-. The van der Waals surface area contributed by atoms with E-state index in [0.717, 1.165) is 52.9 Å². The topological polar surface area (TPSA) is 68.2 Å². The van der Waals surface area contributed by atoms with Crippen molar-refractivity contribution in [3.05, 3.63) is 45.8 Å². The largest absolute Gasteiger partial charge is 0.473 e. The molecule has 33 heavy (non-hydrogen) atoms. The summed E-state index contributed by atoms with van der Waals surface area (Å²) in [4.78, 5) is 2.29. The van der Waals surface area contributed by atoms with Gasteiger partial charge in [-0.05, 0) is 56.7 Å². The molecule has 1 atom stereocenters. The van der Waals surface area contributed by atoms with Gasteiger partial charge in [0, 0.05) is 32.6 Å². The number of benzene rings is 1. The summed E-state index contributed by atoms with van der Waals surface area (Å²) in [5, 5.41) is 13.9. The smallest absolute Gasteiger partial charge is 0.220 e. The predicted octanol–water partition coefficient (Wildman–Crippen LogP) is 5.22. The fourth-order valence-electron chi connectivity index (χ4n) is 4.57. The number of likely N-dealkylation sites (N-methyl/N-ethyl adjacent to an activating group) is 1. The lowest BCUT2D eigenvalue weighted by Gasteiger charge is -2.24. The van der Waals surface area contributed by atoms with Crippen molar-refractivity contribution in [3.63, 3.8) is 0 Å². The lowest BCUT2D eigenvalue weighted by atomic mass is 10.0. The predicted molar refractivity (Wildman–Crippen MR) is 134 cm³/mol. The number of halogens is 1. The number of rotatable bonds is 3. The molecule has 3 aromatic rings. The molecule has 1 aliphatic heterocycles. The highest BCUT2D eigenvalue weighted by Crippen LogP contribution is 2.39. The summed E-state index contributed by atoms with van der Waals surface area (Å²) in [5.41, 5.74) is 6.94. The first-order valence-electron chi connectivity index (χ1n) is 11.3. The Morgan fingerprint density at radius 3 is 2.79 bits per heavy atom. The summed E-state index contributed by atoms with van der Waals surface area (Å²) < 4.78 is 13.7. The van der Waals surface area contributed by atoms with Gasteiger partial charge in [-0.15, -0.1) is 0 Å². The summed E-state index contributed by atoms with van der Waals surface area (Å²) in [7, 11) is 5.69. The number of allylic oxidation sites excluding steroid dienone is 2. The van der Waals surface area contributed by atoms with Crippen LogP contribution in [-0.2, 0) is 18.4 Å². The maximum Gasteiger partial charge on any atom is 0.220 e. The second kappa shape index (κ2) is 9.71. The number of hydrogen-bond donors (Lipinski definition) is 1. The quantitative estimate of drug-likeness (QED) is 0.569. The molecular weight excluding hydrogens is 438 g/mol. The van der Waals surface area contributed by atoms with Crippen molar-refractivity contribution >= 4 is 28.6 Å². The Kier molecular flexibility index (Phi) is 6.93. The van der Waals surface area contributed by atoms with Crippen molar-refractivity contribution < 1.29 is 9.47 Å². The minimum absolute atomic E-state index is 0.0400. The molecule has 0 spiro atoms. The molecule has 176 valence electrons. The Morgan fingerprint density at radius 1 is 1.27 bits per heavy atom. The third-order valence-electron chi connectivity index (χ3n) is 6.05. The van der Waals surface area contributed by atoms with Gasteiger partial charge in [0.25, 0.3) is 0 Å². The molecule has 1 unspecified atom stereocenters. The van der Waals surface area contributed by atoms with E-state index in [1.165, 1.54) is 11.1 Å². The second-order valence-corrected chi connectivity index (χ2v) is 9.20. The van der Waals surface area contributed by atoms with Gasteiger partial charge in [-0.1, -0.05) is 30.2 Å². The minimum atomic E-state index is -0.0400. The molecule has 8 heteroatoms. The average Bonchev–Trinajstić information content (AvgIpc) is 3.29. The average molecular weight is 470 g/mol. The Morgan fingerprint density at radius 2 is 2.06 bits per heavy atom. The van der Waals surface area contributed by atoms with Crippen LogP contribution in [0.15, 0.2) is 29.4 Å². The molecule has 1 aromatic carbocycles. The third-order valence-corrected chi connectivity index (χ3v) is 6.34. The molecule has 0 aliphatic carbocycles. The Bertz CT molecular complexity index is 1220. The van der Waals surface area contributed by atoms with E-state index >= 15 is 0 Å². The van der Waals surface area contributed by atoms with Crippen molar-refractivity contribution in [2.24, 2.45) is 7.05 Å². The zero-order chi connectivity index (χ0) is 23.7. The van der Waals surface area contributed by atoms with E-state index in [-0.39, 0.29) is 6.10 Å². The number of H-pyrrole nitrogens is 1. The molecule has 0 saturated heterocycles. The van der Waals surface area contributed by atoms with Crippen molar-refractivity contribution in [1.29, 1.82) is 0 Å². The number of nitrogens with one attached hydrogen (secondary N) is 1. The minimum Gasteiger partial charge on any atom is -0.473 e. The number of aromatic nitrogens is 4. The van der Waals surface area contributed by atoms with Crippen LogP contribution in [0.2, 0.25) is 5.02 Å². The number of methoxy groups -OCH3 is 1. The van der Waals surface area contributed by atoms with Crippen molar-refractivity contribution in [2.45, 2.75) is 39.9 Å². The molecule has 4 rings (SSSR count). The van der Waals surface area contributed by atoms with E-state index in [1.807, 2.05) is 13.1 Å². The molecule has 2 aromatic heterocycles. The Balaban J connectivity index is 1.97. The molecule has 0 saturated carbocycles. The fourth-order valence-corrected chi connectivity index (χ4v) is 4.84. The van der Waals surface area contributed by atoms with Crippen LogP contribution < -0.4 is 4.74 Å². The van der Waals surface area contributed by atoms with Gasteiger partial charge >= 0.3 is 0 Å². The van der Waals surface area contributed by atoms with Gasteiger partial charge < -0.3 is 9.47 Å². The van der Waals surface area contributed by atoms with Crippen LogP contribution >= 0.6 is 11.6 Å². The summed E-state index contributed by atoms with van der Waals surface area (Å²) >= 11 is 6.69. The zero-order valence-electron chi connectivity index (χ0n) is 20.2. The van der Waals surface area contributed by atoms with Gasteiger partial charge in [-0.3, -0.25) is 10.00 Å². The zero-order valence-corrected chi connectivity index (χ0v) is 21.0. The van der Waals surface area contributed by atoms with E-state index in [9.17, 15) is 0 Å². The molecule has 0 radical (unpaired) electrons. The van der Waals surface area contributed by atoms with Crippen LogP contribution in [0, 0.1) is 0 Å². The van der Waals surface area contributed by atoms with Crippen LogP contribution in [0.4, 0.5) is 0 Å². The number of nitrogens with zero attached hydrogens (tertiary/aromatic N) is 4. The van der Waals surface area contributed by atoms with E-state index in [1.54, 1.807) is 11.8 Å². The molecule has 2 bridgehead atoms. The summed E-state index contributed by atoms with van der Waals surface area (Å²) in [5.74, 6) is 0.704. The van der Waals surface area contributed by atoms with Crippen molar-refractivity contribution in [2.75, 3.05) is 27.2 Å². The number of aromatic amines is 1. The first kappa shape index (κ1) is 23.5. The van der Waals surface area contributed by atoms with Crippen LogP contribution in [-0.4, -0.2) is 58.2 Å². The molecule has 7 nitrogen and oxygen atoms in total.